The zero-order valence-corrected chi connectivity index (χ0v) is 10.6. The van der Waals surface area contributed by atoms with Gasteiger partial charge in [-0.25, -0.2) is 0 Å². The van der Waals surface area contributed by atoms with Gasteiger partial charge in [-0.2, -0.15) is 0 Å². The molecular weight excluding hydrogens is 196 g/mol. The molecule has 1 aromatic carbocycles. The van der Waals surface area contributed by atoms with Crippen molar-refractivity contribution >= 4 is 5.69 Å². The molecule has 0 amide bonds. The van der Waals surface area contributed by atoms with Gasteiger partial charge in [0.25, 0.3) is 0 Å². The third-order valence-corrected chi connectivity index (χ3v) is 3.44. The van der Waals surface area contributed by atoms with Crippen molar-refractivity contribution in [3.63, 3.8) is 0 Å². The van der Waals surface area contributed by atoms with E-state index in [0.717, 1.165) is 32.1 Å². The van der Waals surface area contributed by atoms with Crippen molar-refractivity contribution < 1.29 is 0 Å². The first kappa shape index (κ1) is 11.5. The smallest absolute Gasteiger partial charge is 0.0369 e. The zero-order valence-electron chi connectivity index (χ0n) is 10.6. The molecule has 1 aromatic rings. The Morgan fingerprint density at radius 2 is 2.06 bits per heavy atom. The van der Waals surface area contributed by atoms with Gasteiger partial charge >= 0.3 is 0 Å². The van der Waals surface area contributed by atoms with E-state index >= 15 is 0 Å². The van der Waals surface area contributed by atoms with Crippen LogP contribution in [0.15, 0.2) is 18.2 Å². The molecule has 1 heterocycles. The zero-order chi connectivity index (χ0) is 11.5. The van der Waals surface area contributed by atoms with E-state index in [0.29, 0.717) is 0 Å². The fourth-order valence-corrected chi connectivity index (χ4v) is 2.25. The van der Waals surface area contributed by atoms with Crippen LogP contribution in [0.4, 0.5) is 5.69 Å². The summed E-state index contributed by atoms with van der Waals surface area (Å²) in [7, 11) is 0. The maximum atomic E-state index is 3.48. The van der Waals surface area contributed by atoms with Gasteiger partial charge in [0, 0.05) is 25.3 Å². The van der Waals surface area contributed by atoms with Crippen LogP contribution in [0.1, 0.15) is 18.1 Å². The summed E-state index contributed by atoms with van der Waals surface area (Å²) in [5, 5.41) is 3.48. The summed E-state index contributed by atoms with van der Waals surface area (Å²) < 4.78 is 0. The number of anilines is 1. The second-order valence-corrected chi connectivity index (χ2v) is 5.02. The first-order valence-corrected chi connectivity index (χ1v) is 6.20. The summed E-state index contributed by atoms with van der Waals surface area (Å²) in [5.41, 5.74) is 4.14. The minimum absolute atomic E-state index is 0.726. The Balaban J connectivity index is 2.18. The third-order valence-electron chi connectivity index (χ3n) is 3.44. The van der Waals surface area contributed by atoms with E-state index in [1.54, 1.807) is 0 Å². The van der Waals surface area contributed by atoms with Crippen LogP contribution in [0.5, 0.6) is 0 Å². The van der Waals surface area contributed by atoms with Gasteiger partial charge in [0.1, 0.15) is 0 Å². The van der Waals surface area contributed by atoms with Gasteiger partial charge in [0.2, 0.25) is 0 Å². The van der Waals surface area contributed by atoms with Crippen molar-refractivity contribution in [2.75, 3.05) is 31.1 Å². The summed E-state index contributed by atoms with van der Waals surface area (Å²) in [6.07, 6.45) is 0. The van der Waals surface area contributed by atoms with Gasteiger partial charge in [-0.1, -0.05) is 13.0 Å². The molecule has 1 aliphatic rings. The maximum Gasteiger partial charge on any atom is 0.0369 e. The molecule has 1 atom stereocenters. The maximum absolute atomic E-state index is 3.48. The molecule has 1 aliphatic heterocycles. The summed E-state index contributed by atoms with van der Waals surface area (Å²) in [6, 6.07) is 6.79. The Hall–Kier alpha value is -1.02. The van der Waals surface area contributed by atoms with Crippen LogP contribution in [0.3, 0.4) is 0 Å². The highest BCUT2D eigenvalue weighted by Gasteiger charge is 2.14. The topological polar surface area (TPSA) is 15.3 Å². The molecule has 88 valence electrons. The average molecular weight is 218 g/mol. The minimum Gasteiger partial charge on any atom is -0.370 e. The fraction of sp³-hybridized carbons (Fsp3) is 0.571. The predicted octanol–water partition coefficient (Wildman–Crippen LogP) is 2.35. The van der Waals surface area contributed by atoms with Crippen molar-refractivity contribution in [2.45, 2.75) is 20.8 Å². The van der Waals surface area contributed by atoms with Crippen LogP contribution in [0, 0.1) is 19.8 Å². The second-order valence-electron chi connectivity index (χ2n) is 5.02. The SMILES string of the molecule is Cc1ccc(N2CCNCC(C)C2)cc1C. The van der Waals surface area contributed by atoms with Crippen molar-refractivity contribution in [3.8, 4) is 0 Å². The van der Waals surface area contributed by atoms with Crippen molar-refractivity contribution in [1.29, 1.82) is 0 Å². The first-order chi connectivity index (χ1) is 7.66. The molecule has 16 heavy (non-hydrogen) atoms. The van der Waals surface area contributed by atoms with Crippen LogP contribution in [0.25, 0.3) is 0 Å². The van der Waals surface area contributed by atoms with Crippen LogP contribution >= 0.6 is 0 Å². The lowest BCUT2D eigenvalue weighted by Gasteiger charge is -2.25. The van der Waals surface area contributed by atoms with Crippen molar-refractivity contribution in [1.82, 2.24) is 5.32 Å². The van der Waals surface area contributed by atoms with E-state index in [1.165, 1.54) is 16.8 Å². The van der Waals surface area contributed by atoms with E-state index in [9.17, 15) is 0 Å². The van der Waals surface area contributed by atoms with Crippen LogP contribution < -0.4 is 10.2 Å². The highest BCUT2D eigenvalue weighted by Crippen LogP contribution is 2.20. The average Bonchev–Trinajstić information content (AvgIpc) is 2.47. The molecule has 1 unspecified atom stereocenters. The monoisotopic (exact) mass is 218 g/mol. The normalized spacial score (nSPS) is 21.9. The molecule has 1 fully saturated rings. The number of hydrogen-bond donors (Lipinski definition) is 1. The van der Waals surface area contributed by atoms with E-state index in [2.05, 4.69) is 49.2 Å². The van der Waals surface area contributed by atoms with Gasteiger partial charge in [-0.15, -0.1) is 0 Å². The van der Waals surface area contributed by atoms with Crippen LogP contribution in [-0.4, -0.2) is 26.2 Å². The number of benzene rings is 1. The Morgan fingerprint density at radius 1 is 1.25 bits per heavy atom. The molecule has 1 saturated heterocycles. The molecule has 0 radical (unpaired) electrons. The van der Waals surface area contributed by atoms with Gasteiger partial charge in [0.05, 0.1) is 0 Å². The summed E-state index contributed by atoms with van der Waals surface area (Å²) in [6.45, 7) is 11.2. The molecule has 1 N–H and O–H groups in total. The van der Waals surface area contributed by atoms with E-state index in [-0.39, 0.29) is 0 Å². The highest BCUT2D eigenvalue weighted by molar-refractivity contribution is 5.50. The molecule has 0 saturated carbocycles. The van der Waals surface area contributed by atoms with Gasteiger partial charge < -0.3 is 10.2 Å². The lowest BCUT2D eigenvalue weighted by molar-refractivity contribution is 0.564. The van der Waals surface area contributed by atoms with Gasteiger partial charge in [-0.05, 0) is 49.6 Å². The first-order valence-electron chi connectivity index (χ1n) is 6.20. The number of rotatable bonds is 1. The number of nitrogens with zero attached hydrogens (tertiary/aromatic N) is 1. The molecule has 2 rings (SSSR count). The highest BCUT2D eigenvalue weighted by atomic mass is 15.2. The standard InChI is InChI=1S/C14H22N2/c1-11-9-15-6-7-16(10-11)14-5-4-12(2)13(3)8-14/h4-5,8,11,15H,6-7,9-10H2,1-3H3. The van der Waals surface area contributed by atoms with Crippen molar-refractivity contribution in [3.05, 3.63) is 29.3 Å². The molecule has 0 aliphatic carbocycles. The lowest BCUT2D eigenvalue weighted by atomic mass is 10.1. The molecule has 2 nitrogen and oxygen atoms in total. The Bertz CT molecular complexity index is 360. The summed E-state index contributed by atoms with van der Waals surface area (Å²) in [4.78, 5) is 2.50. The Kier molecular flexibility index (Phi) is 3.49. The largest absolute Gasteiger partial charge is 0.370 e. The second kappa shape index (κ2) is 4.88. The number of nitrogens with one attached hydrogen (secondary N) is 1. The van der Waals surface area contributed by atoms with Gasteiger partial charge in [-0.3, -0.25) is 0 Å². The van der Waals surface area contributed by atoms with Gasteiger partial charge in [0.15, 0.2) is 0 Å². The summed E-state index contributed by atoms with van der Waals surface area (Å²) >= 11 is 0. The van der Waals surface area contributed by atoms with E-state index in [1.807, 2.05) is 0 Å². The lowest BCUT2D eigenvalue weighted by Crippen LogP contribution is -2.29. The van der Waals surface area contributed by atoms with Crippen LogP contribution in [0.2, 0.25) is 0 Å². The molecule has 2 heteroatoms. The number of hydrogen-bond acceptors (Lipinski definition) is 2. The van der Waals surface area contributed by atoms with Crippen molar-refractivity contribution in [2.24, 2.45) is 5.92 Å². The Labute approximate surface area is 98.7 Å². The van der Waals surface area contributed by atoms with Crippen LogP contribution in [-0.2, 0) is 0 Å². The molecule has 0 spiro atoms. The molecular formula is C14H22N2. The minimum atomic E-state index is 0.726. The fourth-order valence-electron chi connectivity index (χ4n) is 2.25. The molecule has 0 bridgehead atoms. The predicted molar refractivity (Wildman–Crippen MR) is 70.2 cm³/mol. The Morgan fingerprint density at radius 3 is 2.81 bits per heavy atom. The quantitative estimate of drug-likeness (QED) is 0.778. The summed E-state index contributed by atoms with van der Waals surface area (Å²) in [5.74, 6) is 0.726. The molecule has 0 aromatic heterocycles. The van der Waals surface area contributed by atoms with E-state index in [4.69, 9.17) is 0 Å². The third kappa shape index (κ3) is 2.56. The number of aryl methyl sites for hydroxylation is 2. The van der Waals surface area contributed by atoms with E-state index < -0.39 is 0 Å².